The minimum absolute atomic E-state index is 0.00359. The van der Waals surface area contributed by atoms with Crippen LogP contribution in [0.5, 0.6) is 0 Å². The zero-order valence-electron chi connectivity index (χ0n) is 60.7. The molecule has 0 aromatic rings. The second kappa shape index (κ2) is 34.6. The van der Waals surface area contributed by atoms with Gasteiger partial charge in [0.1, 0.15) is 66.1 Å². The van der Waals surface area contributed by atoms with Gasteiger partial charge in [-0.15, -0.1) is 11.8 Å². The molecule has 0 aromatic heterocycles. The Kier molecular flexibility index (Phi) is 28.0. The zero-order valence-corrected chi connectivity index (χ0v) is 61.5. The summed E-state index contributed by atoms with van der Waals surface area (Å²) in [7, 11) is 11.9. The largest absolute Gasteiger partial charge is 0.394 e. The van der Waals surface area contributed by atoms with Gasteiger partial charge in [0.2, 0.25) is 70.9 Å². The van der Waals surface area contributed by atoms with E-state index < -0.39 is 180 Å². The van der Waals surface area contributed by atoms with Gasteiger partial charge in [0.15, 0.2) is 0 Å². The SMILES string of the molecule is CC[C@H](C)[C@@H]1NC(=O)[C@H](CC(C)C)N(C)C(=O)CSC[C@@H](C(=O)N(C)C)N(C)C(=O)[C@H](C2CCCC2)N(C)C(=O)C2(CCCC2)NC(=O)[C@@H]2CCCN2C(=O)[C@H](CCC2CCC(C(F)(F)F)C(F)C2)NC(=O)CN(C)C(=O)[C@H](C2CCCC2)N(C)C(=O)[C@@H]2CCN2C(=O)[C@H](C)N(C)C1=O. The molecular weight excluding hydrogens is 1310 g/mol. The lowest BCUT2D eigenvalue weighted by Crippen LogP contribution is -2.65. The third-order valence-electron chi connectivity index (χ3n) is 22.9. The summed E-state index contributed by atoms with van der Waals surface area (Å²) in [5.74, 6) is -11.3. The normalized spacial score (nSPS) is 31.3. The molecule has 0 radical (unpaired) electrons. The molecule has 7 fully saturated rings. The Bertz CT molecular complexity index is 2930. The first-order valence-electron chi connectivity index (χ1n) is 36.2. The minimum Gasteiger partial charge on any atom is -0.347 e. The number of hydrogen-bond donors (Lipinski definition) is 3. The highest BCUT2D eigenvalue weighted by Gasteiger charge is 2.53. The molecule has 7 rings (SSSR count). The third-order valence-corrected chi connectivity index (χ3v) is 23.9. The number of alkyl halides is 4. The van der Waals surface area contributed by atoms with Crippen molar-refractivity contribution >= 4 is 82.6 Å². The van der Waals surface area contributed by atoms with Crippen LogP contribution in [-0.2, 0) is 57.5 Å². The molecule has 29 heteroatoms. The van der Waals surface area contributed by atoms with Crippen molar-refractivity contribution in [2.24, 2.45) is 35.5 Å². The minimum atomic E-state index is -4.75. The Morgan fingerprint density at radius 1 is 0.636 bits per heavy atom. The van der Waals surface area contributed by atoms with E-state index in [0.29, 0.717) is 51.4 Å². The number of nitrogens with one attached hydrogen (secondary N) is 3. The van der Waals surface area contributed by atoms with Gasteiger partial charge in [0.05, 0.1) is 18.2 Å². The molecule has 558 valence electrons. The van der Waals surface area contributed by atoms with Crippen molar-refractivity contribution in [2.75, 3.05) is 87.5 Å². The molecule has 3 heterocycles. The number of fused-ring (bicyclic) bond motifs is 2. The van der Waals surface area contributed by atoms with E-state index in [0.717, 1.165) is 42.3 Å². The Hall–Kier alpha value is -6.29. The van der Waals surface area contributed by atoms with Gasteiger partial charge in [-0.25, -0.2) is 4.39 Å². The first kappa shape index (κ1) is 80.0. The summed E-state index contributed by atoms with van der Waals surface area (Å²) in [6.45, 7) is 8.52. The monoisotopic (exact) mass is 1420 g/mol. The number of rotatable bonds is 10. The van der Waals surface area contributed by atoms with Crippen molar-refractivity contribution in [3.05, 3.63) is 0 Å². The fraction of sp³-hybridized carbons (Fsp3) is 0.829. The molecule has 3 saturated heterocycles. The van der Waals surface area contributed by atoms with E-state index in [1.165, 1.54) is 88.4 Å². The molecule has 4 aliphatic carbocycles. The van der Waals surface area contributed by atoms with E-state index in [-0.39, 0.29) is 93.7 Å². The molecule has 0 aromatic carbocycles. The maximum atomic E-state index is 15.5. The molecule has 24 nitrogen and oxygen atoms in total. The van der Waals surface area contributed by atoms with Gasteiger partial charge in [-0.05, 0) is 133 Å². The van der Waals surface area contributed by atoms with Crippen LogP contribution < -0.4 is 16.0 Å². The Balaban J connectivity index is 1.24. The molecule has 12 amide bonds. The summed E-state index contributed by atoms with van der Waals surface area (Å²) in [6, 6.07) is -10.3. The van der Waals surface area contributed by atoms with E-state index in [1.54, 1.807) is 21.0 Å². The van der Waals surface area contributed by atoms with Crippen molar-refractivity contribution in [2.45, 2.75) is 248 Å². The molecule has 3 N–H and O–H groups in total. The number of halogens is 4. The molecule has 4 saturated carbocycles. The summed E-state index contributed by atoms with van der Waals surface area (Å²) < 4.78 is 56.8. The number of carbonyl (C=O) groups is 12. The first-order valence-corrected chi connectivity index (χ1v) is 37.3. The average Bonchev–Trinajstić information content (AvgIpc) is 1.77. The quantitative estimate of drug-likeness (QED) is 0.244. The fourth-order valence-electron chi connectivity index (χ4n) is 16.3. The van der Waals surface area contributed by atoms with Crippen LogP contribution in [0.1, 0.15) is 176 Å². The number of nitrogens with zero attached hydrogens (tertiary/aromatic N) is 9. The molecule has 0 bridgehead atoms. The summed E-state index contributed by atoms with van der Waals surface area (Å²) in [5.41, 5.74) is -1.54. The van der Waals surface area contributed by atoms with Crippen molar-refractivity contribution in [3.8, 4) is 0 Å². The number of hydrogen-bond acceptors (Lipinski definition) is 13. The van der Waals surface area contributed by atoms with Crippen LogP contribution in [0.3, 0.4) is 0 Å². The molecule has 3 aliphatic heterocycles. The van der Waals surface area contributed by atoms with Gasteiger partial charge in [0, 0.05) is 75.2 Å². The summed E-state index contributed by atoms with van der Waals surface area (Å²) >= 11 is 1.09. The second-order valence-corrected chi connectivity index (χ2v) is 31.3. The zero-order chi connectivity index (χ0) is 73.3. The summed E-state index contributed by atoms with van der Waals surface area (Å²) in [4.78, 5) is 190. The standard InChI is InChI=1S/C70H112F4N12O12S/c1-14-42(4)56-65(95)80(9)43(5)61(91)86-35-31-51(86)64(94)83(12)57(45-22-15-16-23-45)66(96)79(8)38-54(87)75-49(30-28-44-27-29-47(48(71)37-44)70(72,73)74)62(92)85-34-21-26-50(85)60(90)77-69(32-19-20-33-69)68(98)84(13)58(46-24-17-18-25-46)67(97)82(11)53(63(93)78(6)7)39-99-40-55(88)81(10)52(36-41(2)3)59(89)76-56/h41-53,56-58H,14-40H2,1-13H3,(H,75,87)(H,76,89)(H,77,90)/t42-,43-,44?,47?,48?,49-,50-,51-,52-,53-,56-,57-,58-/m0/s1. The smallest absolute Gasteiger partial charge is 0.347 e. The van der Waals surface area contributed by atoms with Gasteiger partial charge < -0.3 is 60.0 Å². The highest BCUT2D eigenvalue weighted by atomic mass is 32.2. The van der Waals surface area contributed by atoms with Crippen LogP contribution in [0.4, 0.5) is 17.6 Å². The van der Waals surface area contributed by atoms with Gasteiger partial charge in [-0.1, -0.05) is 72.6 Å². The predicted molar refractivity (Wildman–Crippen MR) is 364 cm³/mol. The van der Waals surface area contributed by atoms with Gasteiger partial charge in [-0.3, -0.25) is 57.5 Å². The van der Waals surface area contributed by atoms with E-state index in [2.05, 4.69) is 16.0 Å². The number of amides is 12. The molecule has 3 unspecified atom stereocenters. The van der Waals surface area contributed by atoms with Crippen LogP contribution in [0.25, 0.3) is 0 Å². The van der Waals surface area contributed by atoms with Crippen LogP contribution >= 0.6 is 11.8 Å². The Morgan fingerprint density at radius 2 is 1.23 bits per heavy atom. The van der Waals surface area contributed by atoms with E-state index in [4.69, 9.17) is 0 Å². The van der Waals surface area contributed by atoms with Crippen LogP contribution in [0.15, 0.2) is 0 Å². The lowest BCUT2D eigenvalue weighted by atomic mass is 9.78. The Morgan fingerprint density at radius 3 is 1.78 bits per heavy atom. The Labute approximate surface area is 586 Å². The number of likely N-dealkylation sites (N-methyl/N-ethyl adjacent to an activating group) is 7. The van der Waals surface area contributed by atoms with Gasteiger partial charge in [-0.2, -0.15) is 13.2 Å². The van der Waals surface area contributed by atoms with E-state index in [9.17, 15) is 51.5 Å². The lowest BCUT2D eigenvalue weighted by Gasteiger charge is -2.45. The third kappa shape index (κ3) is 18.7. The van der Waals surface area contributed by atoms with Crippen LogP contribution in [0.2, 0.25) is 0 Å². The molecule has 1 spiro atoms. The molecule has 99 heavy (non-hydrogen) atoms. The highest BCUT2D eigenvalue weighted by Crippen LogP contribution is 2.43. The van der Waals surface area contributed by atoms with E-state index >= 15 is 23.6 Å². The highest BCUT2D eigenvalue weighted by molar-refractivity contribution is 8.00. The van der Waals surface area contributed by atoms with Gasteiger partial charge in [0.25, 0.3) is 0 Å². The maximum absolute atomic E-state index is 15.5. The predicted octanol–water partition coefficient (Wildman–Crippen LogP) is 4.99. The van der Waals surface area contributed by atoms with Gasteiger partial charge >= 0.3 is 6.18 Å². The van der Waals surface area contributed by atoms with Crippen LogP contribution in [-0.4, -0.2) is 275 Å². The molecule has 13 atom stereocenters. The maximum Gasteiger partial charge on any atom is 0.394 e. The first-order chi connectivity index (χ1) is 46.6. The summed E-state index contributed by atoms with van der Waals surface area (Å²) in [6.07, 6.45) is 0.209. The number of carbonyl (C=O) groups excluding carboxylic acids is 12. The van der Waals surface area contributed by atoms with Crippen LogP contribution in [0, 0.1) is 35.5 Å². The molecule has 7 aliphatic rings. The topological polar surface area (TPSA) is 270 Å². The van der Waals surface area contributed by atoms with Crippen molar-refractivity contribution < 1.29 is 75.1 Å². The fourth-order valence-corrected chi connectivity index (χ4v) is 17.4. The number of thioether (sulfide) groups is 1. The molecular formula is C70H112F4N12O12S. The second-order valence-electron chi connectivity index (χ2n) is 30.2. The lowest BCUT2D eigenvalue weighted by molar-refractivity contribution is -0.201. The van der Waals surface area contributed by atoms with Crippen molar-refractivity contribution in [1.82, 2.24) is 60.0 Å². The average molecular weight is 1420 g/mol. The van der Waals surface area contributed by atoms with Crippen molar-refractivity contribution in [1.29, 1.82) is 0 Å². The van der Waals surface area contributed by atoms with E-state index in [1.807, 2.05) is 20.8 Å². The van der Waals surface area contributed by atoms with Crippen molar-refractivity contribution in [3.63, 3.8) is 0 Å². The summed E-state index contributed by atoms with van der Waals surface area (Å²) in [5, 5.41) is 8.77.